The summed E-state index contributed by atoms with van der Waals surface area (Å²) in [4.78, 5) is 25.5. The molecule has 0 aliphatic rings. The Morgan fingerprint density at radius 3 is 2.25 bits per heavy atom. The summed E-state index contributed by atoms with van der Waals surface area (Å²) >= 11 is 0. The summed E-state index contributed by atoms with van der Waals surface area (Å²) in [6.45, 7) is 4.43. The Bertz CT molecular complexity index is 142. The van der Waals surface area contributed by atoms with E-state index in [0.29, 0.717) is 13.1 Å². The first-order chi connectivity index (χ1) is 5.70. The van der Waals surface area contributed by atoms with Gasteiger partial charge in [0.25, 0.3) is 0 Å². The molecule has 3 amide bonds. The normalized spacial score (nSPS) is 8.50. The number of hydroxylamine groups is 1. The van der Waals surface area contributed by atoms with Gasteiger partial charge in [-0.25, -0.2) is 9.59 Å². The molecule has 0 saturated carbocycles. The van der Waals surface area contributed by atoms with Crippen molar-refractivity contribution in [1.29, 1.82) is 0 Å². The molecule has 12 heavy (non-hydrogen) atoms. The molecule has 70 valence electrons. The fourth-order valence-electron chi connectivity index (χ4n) is 0.470. The van der Waals surface area contributed by atoms with Gasteiger partial charge in [-0.2, -0.15) is 5.48 Å². The number of carbonyl (C=O) groups excluding carboxylic acids is 2. The van der Waals surface area contributed by atoms with E-state index in [0.717, 1.165) is 0 Å². The minimum atomic E-state index is -0.677. The zero-order chi connectivity index (χ0) is 9.40. The molecule has 0 saturated heterocycles. The third-order valence-corrected chi connectivity index (χ3v) is 0.895. The van der Waals surface area contributed by atoms with Gasteiger partial charge in [0.05, 0.1) is 0 Å². The van der Waals surface area contributed by atoms with Gasteiger partial charge in [-0.3, -0.25) is 0 Å². The van der Waals surface area contributed by atoms with Gasteiger partial charge < -0.3 is 15.5 Å². The predicted molar refractivity (Wildman–Crippen MR) is 42.4 cm³/mol. The van der Waals surface area contributed by atoms with Crippen molar-refractivity contribution in [3.8, 4) is 0 Å². The van der Waals surface area contributed by atoms with Gasteiger partial charge in [0.1, 0.15) is 0 Å². The maximum atomic E-state index is 10.6. The van der Waals surface area contributed by atoms with Crippen molar-refractivity contribution in [2.24, 2.45) is 0 Å². The van der Waals surface area contributed by atoms with Crippen LogP contribution in [-0.2, 0) is 4.84 Å². The minimum Gasteiger partial charge on any atom is -0.336 e. The largest absolute Gasteiger partial charge is 0.431 e. The SMILES string of the molecule is CCNC(=O)NOC(=O)NCC. The van der Waals surface area contributed by atoms with Gasteiger partial charge in [0.2, 0.25) is 0 Å². The molecule has 0 bridgehead atoms. The minimum absolute atomic E-state index is 0.454. The summed E-state index contributed by atoms with van der Waals surface area (Å²) in [6, 6.07) is -0.538. The third kappa shape index (κ3) is 5.33. The molecule has 0 spiro atoms. The van der Waals surface area contributed by atoms with Crippen molar-refractivity contribution >= 4 is 12.1 Å². The Morgan fingerprint density at radius 1 is 1.17 bits per heavy atom. The Hall–Kier alpha value is -1.46. The second-order valence-corrected chi connectivity index (χ2v) is 1.88. The highest BCUT2D eigenvalue weighted by molar-refractivity contribution is 5.75. The number of amides is 3. The molecule has 0 rings (SSSR count). The molecule has 0 aliphatic carbocycles. The van der Waals surface area contributed by atoms with E-state index in [1.807, 2.05) is 5.48 Å². The Balaban J connectivity index is 3.40. The molecule has 0 aromatic heterocycles. The highest BCUT2D eigenvalue weighted by atomic mass is 16.7. The number of hydrogen-bond donors (Lipinski definition) is 3. The van der Waals surface area contributed by atoms with Gasteiger partial charge in [0, 0.05) is 13.1 Å². The quantitative estimate of drug-likeness (QED) is 0.515. The maximum Gasteiger partial charge on any atom is 0.431 e. The molecule has 0 aromatic rings. The van der Waals surface area contributed by atoms with Crippen LogP contribution < -0.4 is 16.1 Å². The van der Waals surface area contributed by atoms with Crippen LogP contribution >= 0.6 is 0 Å². The van der Waals surface area contributed by atoms with Crippen LogP contribution in [0.3, 0.4) is 0 Å². The smallest absolute Gasteiger partial charge is 0.336 e. The molecule has 3 N–H and O–H groups in total. The topological polar surface area (TPSA) is 79.5 Å². The fourth-order valence-corrected chi connectivity index (χ4v) is 0.470. The molecule has 0 unspecified atom stereocenters. The first kappa shape index (κ1) is 10.5. The van der Waals surface area contributed by atoms with Crippen molar-refractivity contribution in [2.45, 2.75) is 13.8 Å². The number of urea groups is 1. The molecule has 0 atom stereocenters. The van der Waals surface area contributed by atoms with E-state index in [4.69, 9.17) is 0 Å². The lowest BCUT2D eigenvalue weighted by molar-refractivity contribution is 0.101. The van der Waals surface area contributed by atoms with E-state index in [1.54, 1.807) is 13.8 Å². The van der Waals surface area contributed by atoms with E-state index < -0.39 is 12.1 Å². The lowest BCUT2D eigenvalue weighted by Gasteiger charge is -2.05. The van der Waals surface area contributed by atoms with Crippen molar-refractivity contribution in [1.82, 2.24) is 16.1 Å². The summed E-state index contributed by atoms with van der Waals surface area (Å²) < 4.78 is 0. The highest BCUT2D eigenvalue weighted by Crippen LogP contribution is 1.71. The van der Waals surface area contributed by atoms with Crippen molar-refractivity contribution in [3.05, 3.63) is 0 Å². The predicted octanol–water partition coefficient (Wildman–Crippen LogP) is -0.0334. The lowest BCUT2D eigenvalue weighted by Crippen LogP contribution is -2.39. The average Bonchev–Trinajstić information content (AvgIpc) is 2.02. The first-order valence-corrected chi connectivity index (χ1v) is 3.69. The van der Waals surface area contributed by atoms with Crippen LogP contribution in [-0.4, -0.2) is 25.2 Å². The molecular formula is C6H13N3O3. The molecule has 0 fully saturated rings. The average molecular weight is 175 g/mol. The van der Waals surface area contributed by atoms with E-state index >= 15 is 0 Å². The lowest BCUT2D eigenvalue weighted by atomic mass is 10.7. The molecule has 0 aromatic carbocycles. The Kier molecular flexibility index (Phi) is 5.50. The van der Waals surface area contributed by atoms with Crippen molar-refractivity contribution in [3.63, 3.8) is 0 Å². The van der Waals surface area contributed by atoms with Gasteiger partial charge >= 0.3 is 12.1 Å². The summed E-state index contributed by atoms with van der Waals surface area (Å²) in [5, 5.41) is 4.73. The van der Waals surface area contributed by atoms with Crippen molar-refractivity contribution < 1.29 is 14.4 Å². The summed E-state index contributed by atoms with van der Waals surface area (Å²) in [6.07, 6.45) is -0.677. The van der Waals surface area contributed by atoms with Crippen LogP contribution in [0, 0.1) is 0 Å². The van der Waals surface area contributed by atoms with Crippen LogP contribution in [0.5, 0.6) is 0 Å². The number of rotatable bonds is 2. The zero-order valence-corrected chi connectivity index (χ0v) is 7.14. The Morgan fingerprint density at radius 2 is 1.75 bits per heavy atom. The Labute approximate surface area is 70.6 Å². The summed E-state index contributed by atoms with van der Waals surface area (Å²) in [5.41, 5.74) is 1.91. The zero-order valence-electron chi connectivity index (χ0n) is 7.14. The van der Waals surface area contributed by atoms with Crippen LogP contribution in [0.2, 0.25) is 0 Å². The first-order valence-electron chi connectivity index (χ1n) is 3.69. The van der Waals surface area contributed by atoms with E-state index in [-0.39, 0.29) is 0 Å². The fraction of sp³-hybridized carbons (Fsp3) is 0.667. The van der Waals surface area contributed by atoms with Gasteiger partial charge in [-0.05, 0) is 13.8 Å². The summed E-state index contributed by atoms with van der Waals surface area (Å²) in [7, 11) is 0. The second-order valence-electron chi connectivity index (χ2n) is 1.88. The van der Waals surface area contributed by atoms with Crippen molar-refractivity contribution in [2.75, 3.05) is 13.1 Å². The molecular weight excluding hydrogens is 162 g/mol. The molecule has 6 nitrogen and oxygen atoms in total. The molecule has 0 radical (unpaired) electrons. The molecule has 0 heterocycles. The van der Waals surface area contributed by atoms with Crippen LogP contribution in [0.25, 0.3) is 0 Å². The second kappa shape index (κ2) is 6.26. The molecule has 6 heteroatoms. The standard InChI is InChI=1S/C6H13N3O3/c1-3-7-5(10)9-12-6(11)8-4-2/h3-4H2,1-2H3,(H,8,11)(H2,7,9,10). The van der Waals surface area contributed by atoms with E-state index in [9.17, 15) is 9.59 Å². The number of carbonyl (C=O) groups is 2. The molecule has 0 aliphatic heterocycles. The third-order valence-electron chi connectivity index (χ3n) is 0.895. The van der Waals surface area contributed by atoms with Crippen LogP contribution in [0.1, 0.15) is 13.8 Å². The monoisotopic (exact) mass is 175 g/mol. The van der Waals surface area contributed by atoms with Crippen LogP contribution in [0.15, 0.2) is 0 Å². The van der Waals surface area contributed by atoms with Gasteiger partial charge in [0.15, 0.2) is 0 Å². The summed E-state index contributed by atoms with van der Waals surface area (Å²) in [5.74, 6) is 0. The van der Waals surface area contributed by atoms with Gasteiger partial charge in [-0.1, -0.05) is 0 Å². The van der Waals surface area contributed by atoms with E-state index in [2.05, 4.69) is 15.5 Å². The maximum absolute atomic E-state index is 10.6. The van der Waals surface area contributed by atoms with Crippen LogP contribution in [0.4, 0.5) is 9.59 Å². The highest BCUT2D eigenvalue weighted by Gasteiger charge is 2.02. The van der Waals surface area contributed by atoms with E-state index in [1.165, 1.54) is 0 Å². The van der Waals surface area contributed by atoms with Gasteiger partial charge in [-0.15, -0.1) is 0 Å². The number of hydrogen-bond acceptors (Lipinski definition) is 3. The number of nitrogens with one attached hydrogen (secondary N) is 3.